The van der Waals surface area contributed by atoms with E-state index in [9.17, 15) is 0 Å². The first-order valence-corrected chi connectivity index (χ1v) is 21.2. The Bertz CT molecular complexity index is 3150. The summed E-state index contributed by atoms with van der Waals surface area (Å²) in [6.45, 7) is 4.80. The standard InChI is InChI=1S/C59H44N2/c1-59(2)55-33-18-17-32-53(55)54-39-44-35-34-43-24-15-16-31-52(43)56(44)58(57(54)59)61(48-27-13-6-14-28-48)50-30-19-29-49(40-50)60(47-25-11-5-12-26-47)51-37-45(41-20-7-3-8-21-41)36-46(38-51)42-22-9-4-10-23-42/h3-40H,1-2H3. The van der Waals surface area contributed by atoms with Crippen molar-refractivity contribution in [1.29, 1.82) is 0 Å². The van der Waals surface area contributed by atoms with Crippen LogP contribution in [0.1, 0.15) is 25.0 Å². The van der Waals surface area contributed by atoms with Gasteiger partial charge in [-0.15, -0.1) is 0 Å². The quantitative estimate of drug-likeness (QED) is 0.142. The van der Waals surface area contributed by atoms with Crippen LogP contribution in [0.2, 0.25) is 0 Å². The molecule has 0 bridgehead atoms. The van der Waals surface area contributed by atoms with E-state index < -0.39 is 0 Å². The highest BCUT2D eigenvalue weighted by molar-refractivity contribution is 6.18. The lowest BCUT2D eigenvalue weighted by molar-refractivity contribution is 0.661. The molecule has 1 aliphatic carbocycles. The van der Waals surface area contributed by atoms with Crippen LogP contribution in [0.25, 0.3) is 54.9 Å². The number of fused-ring (bicyclic) bond motifs is 6. The van der Waals surface area contributed by atoms with E-state index >= 15 is 0 Å². The van der Waals surface area contributed by atoms with E-state index in [1.165, 1.54) is 71.7 Å². The van der Waals surface area contributed by atoms with Crippen molar-refractivity contribution >= 4 is 55.7 Å². The van der Waals surface area contributed by atoms with Gasteiger partial charge in [0.25, 0.3) is 0 Å². The first-order chi connectivity index (χ1) is 30.0. The van der Waals surface area contributed by atoms with Gasteiger partial charge in [-0.3, -0.25) is 0 Å². The van der Waals surface area contributed by atoms with Gasteiger partial charge in [0, 0.05) is 39.2 Å². The van der Waals surface area contributed by atoms with Crippen molar-refractivity contribution in [3.05, 3.63) is 242 Å². The normalized spacial score (nSPS) is 12.6. The number of benzene rings is 10. The summed E-state index contributed by atoms with van der Waals surface area (Å²) in [5, 5.41) is 4.97. The molecule has 0 saturated carbocycles. The molecule has 290 valence electrons. The largest absolute Gasteiger partial charge is 0.310 e. The molecule has 2 heteroatoms. The average Bonchev–Trinajstić information content (AvgIpc) is 3.55. The highest BCUT2D eigenvalue weighted by atomic mass is 15.2. The third kappa shape index (κ3) is 6.27. The van der Waals surface area contributed by atoms with Crippen molar-refractivity contribution in [2.75, 3.05) is 9.80 Å². The number of hydrogen-bond donors (Lipinski definition) is 0. The molecule has 0 unspecified atom stereocenters. The van der Waals surface area contributed by atoms with Crippen LogP contribution >= 0.6 is 0 Å². The van der Waals surface area contributed by atoms with Crippen LogP contribution in [-0.4, -0.2) is 0 Å². The first kappa shape index (κ1) is 36.4. The number of hydrogen-bond acceptors (Lipinski definition) is 2. The lowest BCUT2D eigenvalue weighted by Crippen LogP contribution is -2.21. The zero-order valence-corrected chi connectivity index (χ0v) is 34.3. The average molecular weight is 781 g/mol. The Morgan fingerprint density at radius 1 is 0.328 bits per heavy atom. The van der Waals surface area contributed by atoms with Crippen LogP contribution in [0.3, 0.4) is 0 Å². The molecule has 0 amide bonds. The van der Waals surface area contributed by atoms with Gasteiger partial charge in [0.1, 0.15) is 0 Å². The van der Waals surface area contributed by atoms with E-state index in [4.69, 9.17) is 0 Å². The Hall–Kier alpha value is -7.68. The molecular weight excluding hydrogens is 737 g/mol. The smallest absolute Gasteiger partial charge is 0.0593 e. The molecule has 0 aliphatic heterocycles. The first-order valence-electron chi connectivity index (χ1n) is 21.2. The van der Waals surface area contributed by atoms with E-state index in [0.717, 1.165) is 28.4 Å². The molecule has 0 saturated heterocycles. The van der Waals surface area contributed by atoms with Gasteiger partial charge in [-0.25, -0.2) is 0 Å². The molecule has 0 heterocycles. The highest BCUT2D eigenvalue weighted by Crippen LogP contribution is 2.57. The van der Waals surface area contributed by atoms with Gasteiger partial charge in [0.2, 0.25) is 0 Å². The monoisotopic (exact) mass is 780 g/mol. The summed E-state index contributed by atoms with van der Waals surface area (Å²) in [5.41, 5.74) is 16.4. The third-order valence-electron chi connectivity index (χ3n) is 12.5. The summed E-state index contributed by atoms with van der Waals surface area (Å²) in [7, 11) is 0. The maximum atomic E-state index is 2.53. The van der Waals surface area contributed by atoms with E-state index in [2.05, 4.69) is 254 Å². The van der Waals surface area contributed by atoms with Crippen LogP contribution in [0.5, 0.6) is 0 Å². The fourth-order valence-electron chi connectivity index (χ4n) is 9.73. The number of para-hydroxylation sites is 2. The fraction of sp³-hybridized carbons (Fsp3) is 0.0508. The van der Waals surface area contributed by atoms with Gasteiger partial charge in [-0.1, -0.05) is 178 Å². The number of anilines is 6. The van der Waals surface area contributed by atoms with Crippen molar-refractivity contribution in [3.63, 3.8) is 0 Å². The Morgan fingerprint density at radius 2 is 0.836 bits per heavy atom. The predicted octanol–water partition coefficient (Wildman–Crippen LogP) is 16.6. The van der Waals surface area contributed by atoms with E-state index in [1.54, 1.807) is 0 Å². The minimum Gasteiger partial charge on any atom is -0.310 e. The van der Waals surface area contributed by atoms with Crippen LogP contribution in [0, 0.1) is 0 Å². The molecule has 61 heavy (non-hydrogen) atoms. The minimum atomic E-state index is -0.265. The summed E-state index contributed by atoms with van der Waals surface area (Å²) >= 11 is 0. The lowest BCUT2D eigenvalue weighted by Gasteiger charge is -2.34. The maximum Gasteiger partial charge on any atom is 0.0593 e. The molecule has 0 radical (unpaired) electrons. The molecular formula is C59H44N2. The van der Waals surface area contributed by atoms with Crippen LogP contribution in [-0.2, 0) is 5.41 Å². The van der Waals surface area contributed by atoms with E-state index in [-0.39, 0.29) is 5.41 Å². The van der Waals surface area contributed by atoms with Crippen molar-refractivity contribution in [2.24, 2.45) is 0 Å². The topological polar surface area (TPSA) is 6.48 Å². The molecule has 0 aromatic heterocycles. The Morgan fingerprint density at radius 3 is 1.49 bits per heavy atom. The summed E-state index contributed by atoms with van der Waals surface area (Å²) in [5.74, 6) is 0. The predicted molar refractivity (Wildman–Crippen MR) is 259 cm³/mol. The molecule has 0 atom stereocenters. The summed E-state index contributed by atoms with van der Waals surface area (Å²) < 4.78 is 0. The SMILES string of the molecule is CC1(C)c2ccccc2-c2cc3ccc4ccccc4c3c(N(c3ccccc3)c3cccc(N(c4ccccc4)c4cc(-c5ccccc5)cc(-c5ccccc5)c4)c3)c21. The molecule has 0 spiro atoms. The van der Waals surface area contributed by atoms with Crippen LogP contribution < -0.4 is 9.80 Å². The molecule has 10 aromatic carbocycles. The van der Waals surface area contributed by atoms with Gasteiger partial charge in [-0.2, -0.15) is 0 Å². The summed E-state index contributed by atoms with van der Waals surface area (Å²) in [4.78, 5) is 4.94. The van der Waals surface area contributed by atoms with Crippen LogP contribution in [0.4, 0.5) is 34.1 Å². The second-order valence-electron chi connectivity index (χ2n) is 16.6. The maximum absolute atomic E-state index is 2.53. The van der Waals surface area contributed by atoms with Crippen molar-refractivity contribution in [1.82, 2.24) is 0 Å². The van der Waals surface area contributed by atoms with Gasteiger partial charge in [0.15, 0.2) is 0 Å². The molecule has 11 rings (SSSR count). The summed E-state index contributed by atoms with van der Waals surface area (Å²) in [6, 6.07) is 84.1. The van der Waals surface area contributed by atoms with Crippen molar-refractivity contribution < 1.29 is 0 Å². The minimum absolute atomic E-state index is 0.265. The second kappa shape index (κ2) is 14.9. The Labute approximate surface area is 358 Å². The summed E-state index contributed by atoms with van der Waals surface area (Å²) in [6.07, 6.45) is 0. The zero-order valence-electron chi connectivity index (χ0n) is 34.3. The number of nitrogens with zero attached hydrogens (tertiary/aromatic N) is 2. The lowest BCUT2D eigenvalue weighted by atomic mass is 9.79. The third-order valence-corrected chi connectivity index (χ3v) is 12.5. The van der Waals surface area contributed by atoms with E-state index in [1.807, 2.05) is 0 Å². The molecule has 10 aromatic rings. The molecule has 2 nitrogen and oxygen atoms in total. The highest BCUT2D eigenvalue weighted by Gasteiger charge is 2.40. The van der Waals surface area contributed by atoms with Crippen LogP contribution in [0.15, 0.2) is 231 Å². The number of rotatable bonds is 8. The van der Waals surface area contributed by atoms with Crippen molar-refractivity contribution in [2.45, 2.75) is 19.3 Å². The zero-order chi connectivity index (χ0) is 40.9. The Kier molecular flexibility index (Phi) is 8.86. The van der Waals surface area contributed by atoms with Gasteiger partial charge < -0.3 is 9.80 Å². The fourth-order valence-corrected chi connectivity index (χ4v) is 9.73. The van der Waals surface area contributed by atoms with Gasteiger partial charge in [0.05, 0.1) is 5.69 Å². The van der Waals surface area contributed by atoms with Gasteiger partial charge >= 0.3 is 0 Å². The Balaban J connectivity index is 1.19. The molecule has 0 fully saturated rings. The molecule has 0 N–H and O–H groups in total. The van der Waals surface area contributed by atoms with Gasteiger partial charge in [-0.05, 0) is 127 Å². The second-order valence-corrected chi connectivity index (χ2v) is 16.6. The molecule has 1 aliphatic rings. The van der Waals surface area contributed by atoms with E-state index in [0.29, 0.717) is 0 Å². The van der Waals surface area contributed by atoms with Crippen molar-refractivity contribution in [3.8, 4) is 33.4 Å².